The van der Waals surface area contributed by atoms with Crippen molar-refractivity contribution in [2.24, 2.45) is 0 Å². The molecule has 0 fully saturated rings. The van der Waals surface area contributed by atoms with Crippen LogP contribution in [0.2, 0.25) is 5.02 Å². The second kappa shape index (κ2) is 6.65. The van der Waals surface area contributed by atoms with Crippen LogP contribution in [0.15, 0.2) is 30.3 Å². The Balaban J connectivity index is 1.92. The fraction of sp³-hybridized carbons (Fsp3) is 0.235. The van der Waals surface area contributed by atoms with E-state index in [1.165, 1.54) is 18.1 Å². The largest absolute Gasteiger partial charge is 0.493 e. The number of carbonyl (C=O) groups is 1. The van der Waals surface area contributed by atoms with Crippen LogP contribution in [0.5, 0.6) is 11.5 Å². The van der Waals surface area contributed by atoms with E-state index < -0.39 is 11.6 Å². The Morgan fingerprint density at radius 2 is 2.08 bits per heavy atom. The molecule has 1 aliphatic rings. The van der Waals surface area contributed by atoms with Crippen molar-refractivity contribution in [3.8, 4) is 11.5 Å². The minimum atomic E-state index is -0.697. The van der Waals surface area contributed by atoms with E-state index in [-0.39, 0.29) is 31.2 Å². The molecular formula is C17H14ClF2NO3. The molecule has 0 saturated carbocycles. The van der Waals surface area contributed by atoms with Gasteiger partial charge in [0.25, 0.3) is 5.91 Å². The summed E-state index contributed by atoms with van der Waals surface area (Å²) in [5.74, 6) is -0.800. The number of ether oxygens (including phenoxy) is 2. The van der Waals surface area contributed by atoms with Crippen LogP contribution in [0.25, 0.3) is 0 Å². The zero-order valence-electron chi connectivity index (χ0n) is 12.8. The van der Waals surface area contributed by atoms with E-state index in [9.17, 15) is 13.6 Å². The number of benzene rings is 2. The number of carbonyl (C=O) groups excluding carboxylic acids is 1. The topological polar surface area (TPSA) is 38.8 Å². The van der Waals surface area contributed by atoms with E-state index in [0.29, 0.717) is 22.1 Å². The highest BCUT2D eigenvalue weighted by Crippen LogP contribution is 2.37. The SMILES string of the molecule is COc1cc(Cl)cc2c1OCC(=O)N(Cc1ccc(F)cc1F)C2. The van der Waals surface area contributed by atoms with E-state index in [2.05, 4.69) is 0 Å². The molecule has 4 nitrogen and oxygen atoms in total. The lowest BCUT2D eigenvalue weighted by molar-refractivity contribution is -0.133. The maximum atomic E-state index is 13.9. The predicted molar refractivity (Wildman–Crippen MR) is 84.1 cm³/mol. The van der Waals surface area contributed by atoms with Crippen molar-refractivity contribution in [1.29, 1.82) is 0 Å². The lowest BCUT2D eigenvalue weighted by atomic mass is 10.1. The first-order valence-corrected chi connectivity index (χ1v) is 7.56. The van der Waals surface area contributed by atoms with Crippen LogP contribution in [0.3, 0.4) is 0 Å². The summed E-state index contributed by atoms with van der Waals surface area (Å²) in [6.45, 7) is -0.0156. The molecule has 0 N–H and O–H groups in total. The molecule has 2 aromatic rings. The van der Waals surface area contributed by atoms with E-state index in [1.54, 1.807) is 12.1 Å². The molecule has 0 spiro atoms. The van der Waals surface area contributed by atoms with Gasteiger partial charge in [0.15, 0.2) is 18.1 Å². The van der Waals surface area contributed by atoms with Gasteiger partial charge in [0.05, 0.1) is 7.11 Å². The molecule has 1 aliphatic heterocycles. The fourth-order valence-electron chi connectivity index (χ4n) is 2.57. The third-order valence-electron chi connectivity index (χ3n) is 3.75. The molecule has 0 aromatic heterocycles. The zero-order chi connectivity index (χ0) is 17.3. The number of amides is 1. The zero-order valence-corrected chi connectivity index (χ0v) is 13.6. The fourth-order valence-corrected chi connectivity index (χ4v) is 2.80. The monoisotopic (exact) mass is 353 g/mol. The van der Waals surface area contributed by atoms with Gasteiger partial charge in [0.1, 0.15) is 11.6 Å². The van der Waals surface area contributed by atoms with E-state index in [1.807, 2.05) is 0 Å². The van der Waals surface area contributed by atoms with Crippen molar-refractivity contribution < 1.29 is 23.0 Å². The van der Waals surface area contributed by atoms with Gasteiger partial charge in [-0.15, -0.1) is 0 Å². The number of methoxy groups -OCH3 is 1. The van der Waals surface area contributed by atoms with Crippen molar-refractivity contribution in [2.45, 2.75) is 13.1 Å². The van der Waals surface area contributed by atoms with Gasteiger partial charge >= 0.3 is 0 Å². The maximum Gasteiger partial charge on any atom is 0.261 e. The van der Waals surface area contributed by atoms with Gasteiger partial charge in [-0.3, -0.25) is 4.79 Å². The molecule has 1 amide bonds. The molecule has 7 heteroatoms. The quantitative estimate of drug-likeness (QED) is 0.847. The summed E-state index contributed by atoms with van der Waals surface area (Å²) >= 11 is 6.06. The number of hydrogen-bond acceptors (Lipinski definition) is 3. The molecule has 0 aliphatic carbocycles. The van der Waals surface area contributed by atoms with Crippen molar-refractivity contribution in [1.82, 2.24) is 4.90 Å². The third kappa shape index (κ3) is 3.28. The number of hydrogen-bond donors (Lipinski definition) is 0. The summed E-state index contributed by atoms with van der Waals surface area (Å²) in [5, 5.41) is 0.441. The minimum Gasteiger partial charge on any atom is -0.493 e. The van der Waals surface area contributed by atoms with Gasteiger partial charge < -0.3 is 14.4 Å². The van der Waals surface area contributed by atoms with Crippen LogP contribution in [0.1, 0.15) is 11.1 Å². The molecule has 0 bridgehead atoms. The van der Waals surface area contributed by atoms with Gasteiger partial charge in [-0.2, -0.15) is 0 Å². The summed E-state index contributed by atoms with van der Waals surface area (Å²) in [7, 11) is 1.48. The van der Waals surface area contributed by atoms with E-state index in [0.717, 1.165) is 12.1 Å². The highest BCUT2D eigenvalue weighted by atomic mass is 35.5. The van der Waals surface area contributed by atoms with Crippen molar-refractivity contribution in [3.63, 3.8) is 0 Å². The van der Waals surface area contributed by atoms with Gasteiger partial charge in [-0.05, 0) is 12.1 Å². The smallest absolute Gasteiger partial charge is 0.261 e. The first kappa shape index (κ1) is 16.5. The maximum absolute atomic E-state index is 13.9. The molecule has 24 heavy (non-hydrogen) atoms. The second-order valence-corrected chi connectivity index (χ2v) is 5.81. The molecule has 126 valence electrons. The Bertz CT molecular complexity index is 798. The first-order valence-electron chi connectivity index (χ1n) is 7.19. The number of nitrogens with zero attached hydrogens (tertiary/aromatic N) is 1. The molecule has 0 unspecified atom stereocenters. The first-order chi connectivity index (χ1) is 11.5. The predicted octanol–water partition coefficient (Wildman–Crippen LogP) is 3.55. The summed E-state index contributed by atoms with van der Waals surface area (Å²) in [4.78, 5) is 13.7. The van der Waals surface area contributed by atoms with Crippen LogP contribution in [-0.4, -0.2) is 24.5 Å². The van der Waals surface area contributed by atoms with Crippen molar-refractivity contribution in [3.05, 3.63) is 58.1 Å². The summed E-state index contributed by atoms with van der Waals surface area (Å²) < 4.78 is 37.6. The molecule has 1 heterocycles. The molecule has 3 rings (SSSR count). The molecule has 0 saturated heterocycles. The van der Waals surface area contributed by atoms with Crippen molar-refractivity contribution >= 4 is 17.5 Å². The van der Waals surface area contributed by atoms with Gasteiger partial charge in [-0.25, -0.2) is 8.78 Å². The van der Waals surface area contributed by atoms with Crippen LogP contribution in [0.4, 0.5) is 8.78 Å². The summed E-state index contributed by atoms with van der Waals surface area (Å²) in [5.41, 5.74) is 0.884. The Morgan fingerprint density at radius 3 is 2.79 bits per heavy atom. The molecule has 2 aromatic carbocycles. The molecular weight excluding hydrogens is 340 g/mol. The Labute approximate surface area is 142 Å². The summed E-state index contributed by atoms with van der Waals surface area (Å²) in [6.07, 6.45) is 0. The second-order valence-electron chi connectivity index (χ2n) is 5.37. The van der Waals surface area contributed by atoms with E-state index >= 15 is 0 Å². The number of halogens is 3. The van der Waals surface area contributed by atoms with Crippen LogP contribution >= 0.6 is 11.6 Å². The normalized spacial score (nSPS) is 14.0. The van der Waals surface area contributed by atoms with Crippen LogP contribution < -0.4 is 9.47 Å². The van der Waals surface area contributed by atoms with Crippen molar-refractivity contribution in [2.75, 3.05) is 13.7 Å². The van der Waals surface area contributed by atoms with E-state index in [4.69, 9.17) is 21.1 Å². The Kier molecular flexibility index (Phi) is 4.57. The van der Waals surface area contributed by atoms with Crippen LogP contribution in [0, 0.1) is 11.6 Å². The van der Waals surface area contributed by atoms with Gasteiger partial charge in [-0.1, -0.05) is 17.7 Å². The average Bonchev–Trinajstić information content (AvgIpc) is 2.69. The lowest BCUT2D eigenvalue weighted by Crippen LogP contribution is -2.32. The molecule has 0 atom stereocenters. The average molecular weight is 354 g/mol. The summed E-state index contributed by atoms with van der Waals surface area (Å²) in [6, 6.07) is 6.54. The number of rotatable bonds is 3. The highest BCUT2D eigenvalue weighted by molar-refractivity contribution is 6.30. The van der Waals surface area contributed by atoms with Crippen LogP contribution in [-0.2, 0) is 17.9 Å². The lowest BCUT2D eigenvalue weighted by Gasteiger charge is -2.20. The molecule has 0 radical (unpaired) electrons. The standard InChI is InChI=1S/C17H14ClF2NO3/c1-23-15-5-12(18)4-11-8-21(16(22)9-24-17(11)15)7-10-2-3-13(19)6-14(10)20/h2-6H,7-9H2,1H3. The highest BCUT2D eigenvalue weighted by Gasteiger charge is 2.25. The Hall–Kier alpha value is -2.34. The third-order valence-corrected chi connectivity index (χ3v) is 3.96. The Morgan fingerprint density at radius 1 is 1.29 bits per heavy atom. The number of fused-ring (bicyclic) bond motifs is 1. The van der Waals surface area contributed by atoms with Gasteiger partial charge in [0, 0.05) is 41.4 Å². The van der Waals surface area contributed by atoms with Gasteiger partial charge in [0.2, 0.25) is 0 Å². The minimum absolute atomic E-state index is 0.00256.